The summed E-state index contributed by atoms with van der Waals surface area (Å²) in [5, 5.41) is 5.26. The molecule has 0 aliphatic rings. The van der Waals surface area contributed by atoms with Crippen LogP contribution in [0.25, 0.3) is 27.7 Å². The number of hydrogen-bond acceptors (Lipinski definition) is 1. The maximum Gasteiger partial charge on any atom is 4.00 e. The van der Waals surface area contributed by atoms with Crippen LogP contribution in [0.5, 0.6) is 0 Å². The van der Waals surface area contributed by atoms with E-state index in [-0.39, 0.29) is 31.9 Å². The van der Waals surface area contributed by atoms with Gasteiger partial charge in [-0.1, -0.05) is 255 Å². The molecule has 0 N–H and O–H groups in total. The quantitative estimate of drug-likeness (QED) is 0.0762. The molecule has 10 aromatic rings. The van der Waals surface area contributed by atoms with Gasteiger partial charge in [0.05, 0.1) is 5.69 Å². The fraction of sp³-hybridized carbons (Fsp3) is 0.0606. The van der Waals surface area contributed by atoms with E-state index in [2.05, 4.69) is 228 Å². The first-order valence-corrected chi connectivity index (χ1v) is 23.2. The maximum absolute atomic E-state index is 5.26. The number of aromatic nitrogens is 1. The number of benzene rings is 9. The number of rotatable bonds is 10. The molecule has 2 nitrogen and oxygen atoms in total. The van der Waals surface area contributed by atoms with Gasteiger partial charge in [0.1, 0.15) is 0 Å². The summed E-state index contributed by atoms with van der Waals surface area (Å²) in [5.41, 5.74) is 14.6. The van der Waals surface area contributed by atoms with Gasteiger partial charge in [-0.3, -0.25) is 4.98 Å². The molecule has 10 rings (SSSR count). The van der Waals surface area contributed by atoms with E-state index >= 15 is 0 Å². The van der Waals surface area contributed by atoms with Crippen molar-refractivity contribution in [2.45, 2.75) is 25.8 Å². The Bertz CT molecular complexity index is 2800. The number of nitrogens with zero attached hydrogens (tertiary/aromatic N) is 2. The third kappa shape index (κ3) is 15.5. The van der Waals surface area contributed by atoms with Gasteiger partial charge in [-0.05, 0) is 46.3 Å². The molecule has 0 bridgehead atoms. The second-order valence-electron chi connectivity index (χ2n) is 16.5. The van der Waals surface area contributed by atoms with Crippen LogP contribution in [0.4, 0.5) is 5.69 Å². The molecular weight excluding hydrogens is 999 g/mol. The molecular formula is C66H58HfN2. The topological polar surface area (TPSA) is 27.0 Å². The van der Waals surface area contributed by atoms with Crippen LogP contribution in [-0.2, 0) is 25.8 Å². The molecule has 0 fully saturated rings. The Labute approximate surface area is 430 Å². The van der Waals surface area contributed by atoms with Gasteiger partial charge in [0, 0.05) is 11.3 Å². The Morgan fingerprint density at radius 1 is 0.391 bits per heavy atom. The van der Waals surface area contributed by atoms with Gasteiger partial charge in [-0.25, -0.2) is 0 Å². The van der Waals surface area contributed by atoms with Crippen LogP contribution in [0.2, 0.25) is 0 Å². The average molecular weight is 1060 g/mol. The number of pyridine rings is 1. The zero-order chi connectivity index (χ0) is 47.2. The Kier molecular flexibility index (Phi) is 20.1. The molecule has 1 unspecified atom stereocenters. The molecule has 0 saturated heterocycles. The smallest absolute Gasteiger partial charge is 0.673 e. The largest absolute Gasteiger partial charge is 4.00 e. The van der Waals surface area contributed by atoms with Gasteiger partial charge >= 0.3 is 25.8 Å². The third-order valence-corrected chi connectivity index (χ3v) is 11.2. The summed E-state index contributed by atoms with van der Waals surface area (Å²) >= 11 is 0. The van der Waals surface area contributed by atoms with E-state index in [0.717, 1.165) is 39.3 Å². The van der Waals surface area contributed by atoms with E-state index in [1.54, 1.807) is 0 Å². The van der Waals surface area contributed by atoms with Crippen molar-refractivity contribution in [1.29, 1.82) is 0 Å². The summed E-state index contributed by atoms with van der Waals surface area (Å²) in [7, 11) is 0. The van der Waals surface area contributed by atoms with Crippen molar-refractivity contribution >= 4 is 5.69 Å². The maximum atomic E-state index is 5.26. The minimum absolute atomic E-state index is 0. The molecule has 0 saturated carbocycles. The first-order valence-electron chi connectivity index (χ1n) is 23.2. The summed E-state index contributed by atoms with van der Waals surface area (Å²) in [4.78, 5) is 5.10. The number of hydrogen-bond donors (Lipinski definition) is 0. The molecule has 0 aliphatic carbocycles. The van der Waals surface area contributed by atoms with E-state index in [9.17, 15) is 0 Å². The van der Waals surface area contributed by atoms with Crippen molar-refractivity contribution in [3.63, 3.8) is 0 Å². The van der Waals surface area contributed by atoms with E-state index < -0.39 is 0 Å². The Hall–Kier alpha value is -7.59. The van der Waals surface area contributed by atoms with E-state index in [1.165, 1.54) is 39.3 Å². The Morgan fingerprint density at radius 3 is 1.20 bits per heavy atom. The van der Waals surface area contributed by atoms with Crippen molar-refractivity contribution in [2.75, 3.05) is 0 Å². The SMILES string of the molecule is CC(C)c1ccc([N-]C(c2cccc(-c3ccccc3)n2)c2ccccc2-c2ccccc2)cc1.[CH2-]c1ccccc1.[CH2-]c1ccccc1.[Hf+4].c1ccc([C-](c2ccccc2)c2ccccc2)cc1. The van der Waals surface area contributed by atoms with Crippen molar-refractivity contribution < 1.29 is 25.8 Å². The van der Waals surface area contributed by atoms with E-state index in [4.69, 9.17) is 10.3 Å². The normalized spacial score (nSPS) is 10.5. The van der Waals surface area contributed by atoms with Gasteiger partial charge in [-0.2, -0.15) is 49.2 Å². The minimum atomic E-state index is -0.236. The van der Waals surface area contributed by atoms with Crippen LogP contribution < -0.4 is 0 Å². The van der Waals surface area contributed by atoms with Crippen LogP contribution >= 0.6 is 0 Å². The van der Waals surface area contributed by atoms with Crippen LogP contribution in [-0.4, -0.2) is 4.98 Å². The molecule has 69 heavy (non-hydrogen) atoms. The Balaban J connectivity index is 0.000000190. The fourth-order valence-electron chi connectivity index (χ4n) is 7.65. The molecule has 1 heterocycles. The molecule has 1 atom stereocenters. The second-order valence-corrected chi connectivity index (χ2v) is 16.5. The summed E-state index contributed by atoms with van der Waals surface area (Å²) < 4.78 is 0. The van der Waals surface area contributed by atoms with Gasteiger partial charge in [-0.15, -0.1) is 30.0 Å². The van der Waals surface area contributed by atoms with Crippen LogP contribution in [0.15, 0.2) is 279 Å². The molecule has 0 radical (unpaired) electrons. The zero-order valence-corrected chi connectivity index (χ0v) is 43.1. The van der Waals surface area contributed by atoms with Crippen molar-refractivity contribution in [1.82, 2.24) is 4.98 Å². The summed E-state index contributed by atoms with van der Waals surface area (Å²) in [5.74, 6) is 1.77. The summed E-state index contributed by atoms with van der Waals surface area (Å²) in [6, 6.07) is 95.4. The van der Waals surface area contributed by atoms with Crippen LogP contribution in [0, 0.1) is 19.8 Å². The van der Waals surface area contributed by atoms with Crippen LogP contribution in [0.3, 0.4) is 0 Å². The molecule has 1 aromatic heterocycles. The molecule has 0 spiro atoms. The predicted octanol–water partition coefficient (Wildman–Crippen LogP) is 17.8. The Morgan fingerprint density at radius 2 is 0.783 bits per heavy atom. The molecule has 3 heteroatoms. The molecule has 0 aliphatic heterocycles. The van der Waals surface area contributed by atoms with E-state index in [1.807, 2.05) is 78.9 Å². The molecule has 0 amide bonds. The van der Waals surface area contributed by atoms with E-state index in [0.29, 0.717) is 5.92 Å². The van der Waals surface area contributed by atoms with Gasteiger partial charge in [0.2, 0.25) is 0 Å². The van der Waals surface area contributed by atoms with Crippen molar-refractivity contribution in [2.24, 2.45) is 0 Å². The predicted molar refractivity (Wildman–Crippen MR) is 289 cm³/mol. The van der Waals surface area contributed by atoms with Gasteiger partial charge in [0.15, 0.2) is 0 Å². The first-order chi connectivity index (χ1) is 33.4. The van der Waals surface area contributed by atoms with Crippen molar-refractivity contribution in [3.05, 3.63) is 349 Å². The molecule has 9 aromatic carbocycles. The van der Waals surface area contributed by atoms with Crippen molar-refractivity contribution in [3.8, 4) is 22.4 Å². The third-order valence-electron chi connectivity index (χ3n) is 11.2. The standard InChI is InChI=1S/C33H29N2.C19H15.2C7H7.Hf/c1-24(2)25-20-22-28(23-21-25)34-33(30-17-10-9-16-29(30)26-12-5-3-6-13-26)32-19-11-18-31(35-32)27-14-7-4-8-15-27;1-4-10-16(11-5-1)19(17-12-6-2-7-13-17)18-14-8-3-9-15-18;2*1-7-5-3-2-4-6-7;/h3-24,33H,1-2H3;1-15H;2*2-6H,1H2;/q4*-1;+4. The summed E-state index contributed by atoms with van der Waals surface area (Å²) in [6.45, 7) is 11.9. The monoisotopic (exact) mass is 1060 g/mol. The average Bonchev–Trinajstić information content (AvgIpc) is 3.41. The molecule has 336 valence electrons. The minimum Gasteiger partial charge on any atom is -0.673 e. The first kappa shape index (κ1) is 50.8. The van der Waals surface area contributed by atoms with Crippen LogP contribution in [0.1, 0.15) is 70.4 Å². The second kappa shape index (κ2) is 27.3. The van der Waals surface area contributed by atoms with Gasteiger partial charge < -0.3 is 5.32 Å². The zero-order valence-electron chi connectivity index (χ0n) is 39.5. The fourth-order valence-corrected chi connectivity index (χ4v) is 7.65. The summed E-state index contributed by atoms with van der Waals surface area (Å²) in [6.07, 6.45) is 0. The van der Waals surface area contributed by atoms with Gasteiger partial charge in [0.25, 0.3) is 0 Å².